The zero-order valence-electron chi connectivity index (χ0n) is 16.1. The highest BCUT2D eigenvalue weighted by atomic mass is 79.9. The second-order valence-corrected chi connectivity index (χ2v) is 7.67. The number of benzene rings is 3. The average molecular weight is 451 g/mol. The molecule has 146 valence electrons. The van der Waals surface area contributed by atoms with E-state index in [0.717, 1.165) is 15.6 Å². The molecule has 3 aromatic rings. The van der Waals surface area contributed by atoms with Crippen LogP contribution in [0.2, 0.25) is 0 Å². The van der Waals surface area contributed by atoms with Gasteiger partial charge in [0, 0.05) is 16.1 Å². The minimum Gasteiger partial charge on any atom is -0.496 e. The third-order valence-corrected chi connectivity index (χ3v) is 5.14. The van der Waals surface area contributed by atoms with E-state index in [9.17, 15) is 4.79 Å². The molecule has 0 radical (unpaired) electrons. The normalized spacial score (nSPS) is 13.9. The van der Waals surface area contributed by atoms with Crippen molar-refractivity contribution in [2.24, 2.45) is 0 Å². The lowest BCUT2D eigenvalue weighted by Crippen LogP contribution is -1.99. The average Bonchev–Trinajstić information content (AvgIpc) is 3.02. The summed E-state index contributed by atoms with van der Waals surface area (Å²) in [5, 5.41) is 0. The Morgan fingerprint density at radius 3 is 2.59 bits per heavy atom. The van der Waals surface area contributed by atoms with Gasteiger partial charge in [0.05, 0.1) is 12.7 Å². The Kier molecular flexibility index (Phi) is 5.41. The molecule has 0 unspecified atom stereocenters. The Bertz CT molecular complexity index is 1100. The van der Waals surface area contributed by atoms with E-state index in [2.05, 4.69) is 28.1 Å². The third kappa shape index (κ3) is 4.20. The quantitative estimate of drug-likeness (QED) is 0.449. The van der Waals surface area contributed by atoms with Gasteiger partial charge in [0.15, 0.2) is 5.76 Å². The summed E-state index contributed by atoms with van der Waals surface area (Å²) in [7, 11) is 1.59. The number of carbonyl (C=O) groups excluding carboxylic acids is 1. The summed E-state index contributed by atoms with van der Waals surface area (Å²) in [5.74, 6) is 1.91. The number of aryl methyl sites for hydroxylation is 1. The van der Waals surface area contributed by atoms with Crippen LogP contribution in [0.1, 0.15) is 27.0 Å². The summed E-state index contributed by atoms with van der Waals surface area (Å²) < 4.78 is 18.0. The maximum Gasteiger partial charge on any atom is 0.231 e. The summed E-state index contributed by atoms with van der Waals surface area (Å²) >= 11 is 3.44. The van der Waals surface area contributed by atoms with Crippen LogP contribution in [-0.2, 0) is 6.61 Å². The molecule has 0 aliphatic carbocycles. The van der Waals surface area contributed by atoms with Gasteiger partial charge in [0.1, 0.15) is 23.9 Å². The Hall–Kier alpha value is -3.05. The number of halogens is 1. The van der Waals surface area contributed by atoms with Crippen molar-refractivity contribution in [3.05, 3.63) is 93.1 Å². The molecule has 0 saturated carbocycles. The van der Waals surface area contributed by atoms with Gasteiger partial charge in [0.25, 0.3) is 0 Å². The molecule has 0 N–H and O–H groups in total. The molecule has 4 rings (SSSR count). The first-order valence-corrected chi connectivity index (χ1v) is 9.93. The topological polar surface area (TPSA) is 44.8 Å². The van der Waals surface area contributed by atoms with Crippen LogP contribution in [0, 0.1) is 6.92 Å². The van der Waals surface area contributed by atoms with Gasteiger partial charge in [-0.05, 0) is 48.9 Å². The summed E-state index contributed by atoms with van der Waals surface area (Å²) in [4.78, 5) is 12.7. The van der Waals surface area contributed by atoms with Gasteiger partial charge in [-0.25, -0.2) is 0 Å². The van der Waals surface area contributed by atoms with Gasteiger partial charge in [-0.15, -0.1) is 0 Å². The fourth-order valence-electron chi connectivity index (χ4n) is 3.07. The van der Waals surface area contributed by atoms with Crippen LogP contribution < -0.4 is 14.2 Å². The highest BCUT2D eigenvalue weighted by Crippen LogP contribution is 2.36. The molecule has 1 aliphatic rings. The molecule has 0 amide bonds. The second kappa shape index (κ2) is 8.13. The van der Waals surface area contributed by atoms with Crippen LogP contribution in [-0.4, -0.2) is 12.9 Å². The number of hydrogen-bond acceptors (Lipinski definition) is 4. The fourth-order valence-corrected chi connectivity index (χ4v) is 3.45. The van der Waals surface area contributed by atoms with Gasteiger partial charge in [-0.3, -0.25) is 4.79 Å². The first-order chi connectivity index (χ1) is 14.0. The van der Waals surface area contributed by atoms with Gasteiger partial charge in [0.2, 0.25) is 5.78 Å². The fraction of sp³-hybridized carbons (Fsp3) is 0.125. The van der Waals surface area contributed by atoms with Crippen molar-refractivity contribution in [2.45, 2.75) is 13.5 Å². The molecular weight excluding hydrogens is 432 g/mol. The van der Waals surface area contributed by atoms with Crippen molar-refractivity contribution in [3.8, 4) is 17.2 Å². The highest BCUT2D eigenvalue weighted by Gasteiger charge is 2.28. The lowest BCUT2D eigenvalue weighted by Gasteiger charge is -2.08. The number of rotatable bonds is 5. The molecule has 3 aromatic carbocycles. The molecule has 5 heteroatoms. The van der Waals surface area contributed by atoms with Crippen LogP contribution in [0.4, 0.5) is 0 Å². The van der Waals surface area contributed by atoms with Crippen molar-refractivity contribution in [2.75, 3.05) is 7.11 Å². The standard InChI is InChI=1S/C24H19BrO4/c1-15-3-5-16(6-4-15)14-28-19-8-9-20-22(13-19)29-23(24(20)26)12-17-11-18(25)7-10-21(17)27-2/h3-13H,14H2,1-2H3. The molecule has 0 bridgehead atoms. The second-order valence-electron chi connectivity index (χ2n) is 6.76. The van der Waals surface area contributed by atoms with E-state index >= 15 is 0 Å². The first-order valence-electron chi connectivity index (χ1n) is 9.13. The van der Waals surface area contributed by atoms with Crippen LogP contribution >= 0.6 is 15.9 Å². The third-order valence-electron chi connectivity index (χ3n) is 4.65. The molecule has 29 heavy (non-hydrogen) atoms. The van der Waals surface area contributed by atoms with Gasteiger partial charge < -0.3 is 14.2 Å². The zero-order chi connectivity index (χ0) is 20.4. The minimum atomic E-state index is -0.160. The highest BCUT2D eigenvalue weighted by molar-refractivity contribution is 9.10. The molecule has 1 heterocycles. The monoisotopic (exact) mass is 450 g/mol. The summed E-state index contributed by atoms with van der Waals surface area (Å²) in [6.07, 6.45) is 1.69. The molecule has 4 nitrogen and oxygen atoms in total. The number of fused-ring (bicyclic) bond motifs is 1. The molecule has 0 atom stereocenters. The summed E-state index contributed by atoms with van der Waals surface area (Å²) in [5.41, 5.74) is 3.57. The molecule has 0 fully saturated rings. The molecule has 1 aliphatic heterocycles. The summed E-state index contributed by atoms with van der Waals surface area (Å²) in [6.45, 7) is 2.50. The van der Waals surface area contributed by atoms with Gasteiger partial charge in [-0.2, -0.15) is 0 Å². The van der Waals surface area contributed by atoms with E-state index < -0.39 is 0 Å². The largest absolute Gasteiger partial charge is 0.496 e. The number of ether oxygens (including phenoxy) is 3. The van der Waals surface area contributed by atoms with Crippen LogP contribution in [0.5, 0.6) is 17.2 Å². The number of ketones is 1. The predicted molar refractivity (Wildman–Crippen MR) is 116 cm³/mol. The summed E-state index contributed by atoms with van der Waals surface area (Å²) in [6, 6.07) is 19.0. The van der Waals surface area contributed by atoms with Gasteiger partial charge >= 0.3 is 0 Å². The van der Waals surface area contributed by atoms with E-state index in [1.54, 1.807) is 31.4 Å². The van der Waals surface area contributed by atoms with E-state index in [0.29, 0.717) is 29.4 Å². The number of allylic oxidation sites excluding steroid dienone is 1. The van der Waals surface area contributed by atoms with E-state index in [4.69, 9.17) is 14.2 Å². The lowest BCUT2D eigenvalue weighted by atomic mass is 10.1. The predicted octanol–water partition coefficient (Wildman–Crippen LogP) is 5.96. The van der Waals surface area contributed by atoms with E-state index in [-0.39, 0.29) is 11.5 Å². The maximum absolute atomic E-state index is 12.7. The Morgan fingerprint density at radius 1 is 1.03 bits per heavy atom. The van der Waals surface area contributed by atoms with Crippen molar-refractivity contribution >= 4 is 27.8 Å². The van der Waals surface area contributed by atoms with Crippen LogP contribution in [0.15, 0.2) is 70.9 Å². The Labute approximate surface area is 177 Å². The van der Waals surface area contributed by atoms with E-state index in [1.165, 1.54) is 5.56 Å². The SMILES string of the molecule is COc1ccc(Br)cc1C=C1Oc2cc(OCc3ccc(C)cc3)ccc2C1=O. The number of hydrogen-bond donors (Lipinski definition) is 0. The van der Waals surface area contributed by atoms with Crippen molar-refractivity contribution in [1.29, 1.82) is 0 Å². The molecule has 0 aromatic heterocycles. The first kappa shape index (κ1) is 19.3. The molecule has 0 saturated heterocycles. The maximum atomic E-state index is 12.7. The Balaban J connectivity index is 1.54. The van der Waals surface area contributed by atoms with Gasteiger partial charge in [-0.1, -0.05) is 45.8 Å². The smallest absolute Gasteiger partial charge is 0.231 e. The number of methoxy groups -OCH3 is 1. The zero-order valence-corrected chi connectivity index (χ0v) is 17.7. The lowest BCUT2D eigenvalue weighted by molar-refractivity contribution is 0.101. The molecule has 0 spiro atoms. The van der Waals surface area contributed by atoms with Crippen molar-refractivity contribution in [3.63, 3.8) is 0 Å². The Morgan fingerprint density at radius 2 is 1.83 bits per heavy atom. The van der Waals surface area contributed by atoms with E-state index in [1.807, 2.05) is 37.3 Å². The number of Topliss-reactive ketones (excluding diaryl/α,β-unsaturated/α-hetero) is 1. The van der Waals surface area contributed by atoms with Crippen molar-refractivity contribution in [1.82, 2.24) is 0 Å². The molecular formula is C24H19BrO4. The van der Waals surface area contributed by atoms with Crippen molar-refractivity contribution < 1.29 is 19.0 Å². The number of carbonyl (C=O) groups is 1. The van der Waals surface area contributed by atoms with Crippen LogP contribution in [0.25, 0.3) is 6.08 Å². The van der Waals surface area contributed by atoms with Crippen LogP contribution in [0.3, 0.4) is 0 Å². The minimum absolute atomic E-state index is 0.160.